The summed E-state index contributed by atoms with van der Waals surface area (Å²) < 4.78 is 52.9. The van der Waals surface area contributed by atoms with Gasteiger partial charge in [-0.15, -0.1) is 0 Å². The molecule has 0 saturated carbocycles. The molecule has 0 aliphatic carbocycles. The largest absolute Gasteiger partial charge is 0.298 e. The smallest absolute Gasteiger partial charge is 0.267 e. The van der Waals surface area contributed by atoms with Crippen molar-refractivity contribution in [3.8, 4) is 0 Å². The second-order valence-corrected chi connectivity index (χ2v) is 5.52. The SMILES string of the molecule is O=Cc1cccc(NS(=O)(=O)c2c(F)cccc2F)c1. The summed E-state index contributed by atoms with van der Waals surface area (Å²) in [6, 6.07) is 8.29. The van der Waals surface area contributed by atoms with E-state index in [-0.39, 0.29) is 11.3 Å². The van der Waals surface area contributed by atoms with Crippen LogP contribution in [0.1, 0.15) is 10.4 Å². The summed E-state index contributed by atoms with van der Waals surface area (Å²) in [7, 11) is -4.42. The van der Waals surface area contributed by atoms with E-state index in [1.807, 2.05) is 4.72 Å². The van der Waals surface area contributed by atoms with E-state index in [2.05, 4.69) is 0 Å². The molecule has 0 aromatic heterocycles. The van der Waals surface area contributed by atoms with Crippen LogP contribution in [0.2, 0.25) is 0 Å². The van der Waals surface area contributed by atoms with Gasteiger partial charge in [-0.2, -0.15) is 0 Å². The van der Waals surface area contributed by atoms with Crippen molar-refractivity contribution in [2.45, 2.75) is 4.90 Å². The van der Waals surface area contributed by atoms with Gasteiger partial charge in [-0.3, -0.25) is 9.52 Å². The van der Waals surface area contributed by atoms with Gasteiger partial charge in [0.05, 0.1) is 0 Å². The van der Waals surface area contributed by atoms with E-state index in [0.29, 0.717) is 6.29 Å². The molecule has 0 aliphatic rings. The van der Waals surface area contributed by atoms with Crippen molar-refractivity contribution in [3.63, 3.8) is 0 Å². The lowest BCUT2D eigenvalue weighted by Crippen LogP contribution is -2.16. The van der Waals surface area contributed by atoms with Gasteiger partial charge in [0.1, 0.15) is 17.9 Å². The number of sulfonamides is 1. The second-order valence-electron chi connectivity index (χ2n) is 3.90. The Bertz CT molecular complexity index is 740. The normalized spacial score (nSPS) is 11.1. The maximum Gasteiger partial charge on any atom is 0.267 e. The van der Waals surface area contributed by atoms with Crippen LogP contribution in [0.15, 0.2) is 47.4 Å². The first-order valence-corrected chi connectivity index (χ1v) is 6.94. The van der Waals surface area contributed by atoms with Crippen molar-refractivity contribution in [2.75, 3.05) is 4.72 Å². The van der Waals surface area contributed by atoms with Crippen molar-refractivity contribution >= 4 is 22.0 Å². The van der Waals surface area contributed by atoms with Gasteiger partial charge < -0.3 is 0 Å². The lowest BCUT2D eigenvalue weighted by Gasteiger charge is -2.09. The van der Waals surface area contributed by atoms with Crippen molar-refractivity contribution < 1.29 is 22.0 Å². The Morgan fingerprint density at radius 3 is 2.20 bits per heavy atom. The second kappa shape index (κ2) is 5.38. The summed E-state index contributed by atoms with van der Waals surface area (Å²) in [4.78, 5) is 9.55. The maximum atomic E-state index is 13.5. The minimum Gasteiger partial charge on any atom is -0.298 e. The Morgan fingerprint density at radius 1 is 1.00 bits per heavy atom. The van der Waals surface area contributed by atoms with Crippen LogP contribution in [0.4, 0.5) is 14.5 Å². The van der Waals surface area contributed by atoms with Crippen molar-refractivity contribution in [1.29, 1.82) is 0 Å². The lowest BCUT2D eigenvalue weighted by atomic mass is 10.2. The molecule has 2 aromatic rings. The first-order chi connectivity index (χ1) is 9.44. The standard InChI is InChI=1S/C13H9F2NO3S/c14-11-5-2-6-12(15)13(11)20(18,19)16-10-4-1-3-9(7-10)8-17/h1-8,16H. The number of carbonyl (C=O) groups is 1. The summed E-state index contributed by atoms with van der Waals surface area (Å²) in [5.41, 5.74) is 0.274. The van der Waals surface area contributed by atoms with Crippen LogP contribution < -0.4 is 4.72 Å². The fourth-order valence-electron chi connectivity index (χ4n) is 1.62. The molecule has 2 rings (SSSR count). The third-order valence-electron chi connectivity index (χ3n) is 2.46. The van der Waals surface area contributed by atoms with Crippen LogP contribution in [0.5, 0.6) is 0 Å². The molecule has 1 N–H and O–H groups in total. The fraction of sp³-hybridized carbons (Fsp3) is 0. The van der Waals surface area contributed by atoms with Gasteiger partial charge in [-0.1, -0.05) is 18.2 Å². The molecule has 0 aliphatic heterocycles. The van der Waals surface area contributed by atoms with Gasteiger partial charge in [0.2, 0.25) is 0 Å². The molecule has 104 valence electrons. The summed E-state index contributed by atoms with van der Waals surface area (Å²) >= 11 is 0. The topological polar surface area (TPSA) is 63.2 Å². The molecule has 0 spiro atoms. The van der Waals surface area contributed by atoms with Gasteiger partial charge >= 0.3 is 0 Å². The minimum atomic E-state index is -4.42. The Hall–Kier alpha value is -2.28. The highest BCUT2D eigenvalue weighted by Gasteiger charge is 2.23. The molecule has 0 atom stereocenters. The third kappa shape index (κ3) is 2.83. The molecule has 7 heteroatoms. The van der Waals surface area contributed by atoms with E-state index in [1.165, 1.54) is 24.3 Å². The van der Waals surface area contributed by atoms with Crippen LogP contribution in [0.25, 0.3) is 0 Å². The number of rotatable bonds is 4. The summed E-state index contributed by atoms with van der Waals surface area (Å²) in [6.45, 7) is 0. The summed E-state index contributed by atoms with van der Waals surface area (Å²) in [6.07, 6.45) is 0.529. The average Bonchev–Trinajstić information content (AvgIpc) is 2.37. The van der Waals surface area contributed by atoms with Crippen LogP contribution in [0, 0.1) is 11.6 Å². The van der Waals surface area contributed by atoms with Gasteiger partial charge in [0, 0.05) is 11.3 Å². The van der Waals surface area contributed by atoms with E-state index >= 15 is 0 Å². The summed E-state index contributed by atoms with van der Waals surface area (Å²) in [5, 5.41) is 0. The highest BCUT2D eigenvalue weighted by atomic mass is 32.2. The average molecular weight is 297 g/mol. The van der Waals surface area contributed by atoms with Crippen LogP contribution in [-0.4, -0.2) is 14.7 Å². The van der Waals surface area contributed by atoms with Crippen molar-refractivity contribution in [1.82, 2.24) is 0 Å². The predicted molar refractivity (Wildman–Crippen MR) is 69.0 cm³/mol. The molecule has 20 heavy (non-hydrogen) atoms. The minimum absolute atomic E-state index is 0.0391. The Labute approximate surface area is 114 Å². The number of hydrogen-bond acceptors (Lipinski definition) is 3. The lowest BCUT2D eigenvalue weighted by molar-refractivity contribution is 0.112. The van der Waals surface area contributed by atoms with E-state index in [4.69, 9.17) is 0 Å². The van der Waals surface area contributed by atoms with Gasteiger partial charge in [-0.25, -0.2) is 17.2 Å². The zero-order valence-corrected chi connectivity index (χ0v) is 10.8. The molecule has 0 heterocycles. The van der Waals surface area contributed by atoms with Gasteiger partial charge in [-0.05, 0) is 24.3 Å². The highest BCUT2D eigenvalue weighted by molar-refractivity contribution is 7.92. The van der Waals surface area contributed by atoms with E-state index in [1.54, 1.807) is 0 Å². The fourth-order valence-corrected chi connectivity index (χ4v) is 2.81. The Kier molecular flexibility index (Phi) is 3.80. The van der Waals surface area contributed by atoms with E-state index < -0.39 is 26.6 Å². The maximum absolute atomic E-state index is 13.5. The zero-order valence-electron chi connectivity index (χ0n) is 10.0. The predicted octanol–water partition coefficient (Wildman–Crippen LogP) is 2.58. The third-order valence-corrected chi connectivity index (χ3v) is 3.89. The molecule has 0 fully saturated rings. The quantitative estimate of drug-likeness (QED) is 0.882. The molecule has 0 unspecified atom stereocenters. The monoisotopic (exact) mass is 297 g/mol. The van der Waals surface area contributed by atoms with Crippen molar-refractivity contribution in [3.05, 3.63) is 59.7 Å². The number of aldehydes is 1. The molecule has 0 amide bonds. The van der Waals surface area contributed by atoms with Crippen LogP contribution >= 0.6 is 0 Å². The number of carbonyl (C=O) groups excluding carboxylic acids is 1. The molecular formula is C13H9F2NO3S. The number of hydrogen-bond donors (Lipinski definition) is 1. The van der Waals surface area contributed by atoms with Gasteiger partial charge in [0.15, 0.2) is 4.90 Å². The van der Waals surface area contributed by atoms with Crippen molar-refractivity contribution in [2.24, 2.45) is 0 Å². The van der Waals surface area contributed by atoms with E-state index in [0.717, 1.165) is 18.2 Å². The molecule has 0 bridgehead atoms. The molecule has 0 saturated heterocycles. The van der Waals surface area contributed by atoms with Gasteiger partial charge in [0.25, 0.3) is 10.0 Å². The number of halogens is 2. The summed E-state index contributed by atoms with van der Waals surface area (Å²) in [5.74, 6) is -2.38. The van der Waals surface area contributed by atoms with E-state index in [9.17, 15) is 22.0 Å². The Balaban J connectivity index is 2.43. The first-order valence-electron chi connectivity index (χ1n) is 5.46. The number of benzene rings is 2. The van der Waals surface area contributed by atoms with Crippen LogP contribution in [-0.2, 0) is 10.0 Å². The highest BCUT2D eigenvalue weighted by Crippen LogP contribution is 2.21. The molecular weight excluding hydrogens is 288 g/mol. The Morgan fingerprint density at radius 2 is 1.60 bits per heavy atom. The van der Waals surface area contributed by atoms with Crippen LogP contribution in [0.3, 0.4) is 0 Å². The zero-order chi connectivity index (χ0) is 14.8. The molecule has 2 aromatic carbocycles. The molecule has 4 nitrogen and oxygen atoms in total. The first kappa shape index (κ1) is 14.1. The molecule has 0 radical (unpaired) electrons. The number of nitrogens with one attached hydrogen (secondary N) is 1. The number of anilines is 1.